The number of ether oxygens (including phenoxy) is 4. The molecule has 0 heterocycles. The molecule has 0 aliphatic heterocycles. The van der Waals surface area contributed by atoms with Gasteiger partial charge in [0.2, 0.25) is 5.91 Å². The van der Waals surface area contributed by atoms with Gasteiger partial charge in [0, 0.05) is 21.5 Å². The fraction of sp³-hybridized carbons (Fsp3) is 0.579. The van der Waals surface area contributed by atoms with Crippen LogP contribution in [0.25, 0.3) is 10.4 Å². The summed E-state index contributed by atoms with van der Waals surface area (Å²) in [4.78, 5) is 26.8. The lowest BCUT2D eigenvalue weighted by atomic mass is 10.0. The summed E-state index contributed by atoms with van der Waals surface area (Å²) in [6, 6.07) is 3.05. The van der Waals surface area contributed by atoms with Crippen LogP contribution >= 0.6 is 23.2 Å². The number of halogens is 2. The average Bonchev–Trinajstić information content (AvgIpc) is 2.75. The number of carbonyl (C=O) groups excluding carboxylic acids is 2. The van der Waals surface area contributed by atoms with Crippen LogP contribution in [0.5, 0.6) is 0 Å². The minimum Gasteiger partial charge on any atom is -0.469 e. The highest BCUT2D eigenvalue weighted by molar-refractivity contribution is 6.34. The van der Waals surface area contributed by atoms with E-state index < -0.39 is 24.0 Å². The quantitative estimate of drug-likeness (QED) is 0.118. The van der Waals surface area contributed by atoms with Gasteiger partial charge in [-0.3, -0.25) is 9.59 Å². The number of carbonyl (C=O) groups is 2. The van der Waals surface area contributed by atoms with Crippen LogP contribution in [0, 0.1) is 0 Å². The van der Waals surface area contributed by atoms with E-state index in [0.29, 0.717) is 42.0 Å². The lowest BCUT2D eigenvalue weighted by Crippen LogP contribution is -2.45. The van der Waals surface area contributed by atoms with E-state index in [-0.39, 0.29) is 26.2 Å². The lowest BCUT2D eigenvalue weighted by molar-refractivity contribution is -0.141. The highest BCUT2D eigenvalue weighted by Gasteiger charge is 2.23. The summed E-state index contributed by atoms with van der Waals surface area (Å²) in [5.41, 5.74) is 14.6. The van der Waals surface area contributed by atoms with Crippen molar-refractivity contribution in [1.82, 2.24) is 5.32 Å². The van der Waals surface area contributed by atoms with Gasteiger partial charge in [0.05, 0.1) is 59.2 Å². The number of nitrogens with two attached hydrogens (primary N) is 1. The van der Waals surface area contributed by atoms with Gasteiger partial charge in [0.1, 0.15) is 6.04 Å². The van der Waals surface area contributed by atoms with Gasteiger partial charge in [0.15, 0.2) is 0 Å². The number of rotatable bonds is 16. The second kappa shape index (κ2) is 16.5. The maximum Gasteiger partial charge on any atom is 0.307 e. The van der Waals surface area contributed by atoms with Crippen molar-refractivity contribution in [3.8, 4) is 0 Å². The predicted molar refractivity (Wildman–Crippen MR) is 118 cm³/mol. The zero-order valence-electron chi connectivity index (χ0n) is 17.7. The zero-order chi connectivity index (χ0) is 23.8. The minimum atomic E-state index is -0.964. The smallest absolute Gasteiger partial charge is 0.307 e. The summed E-state index contributed by atoms with van der Waals surface area (Å²) < 4.78 is 20.6. The van der Waals surface area contributed by atoms with Crippen LogP contribution in [-0.2, 0) is 28.5 Å². The first kappa shape index (κ1) is 27.9. The summed E-state index contributed by atoms with van der Waals surface area (Å²) >= 11 is 12.1. The fourth-order valence-corrected chi connectivity index (χ4v) is 2.98. The van der Waals surface area contributed by atoms with Gasteiger partial charge in [-0.2, -0.15) is 0 Å². The Kier molecular flexibility index (Phi) is 14.4. The maximum atomic E-state index is 12.5. The molecular formula is C19H27Cl2N5O6. The van der Waals surface area contributed by atoms with Crippen molar-refractivity contribution in [3.63, 3.8) is 0 Å². The lowest BCUT2D eigenvalue weighted by Gasteiger charge is -2.21. The molecule has 0 fully saturated rings. The number of hydrogen-bond donors (Lipinski definition) is 2. The monoisotopic (exact) mass is 491 g/mol. The van der Waals surface area contributed by atoms with Crippen molar-refractivity contribution < 1.29 is 28.5 Å². The predicted octanol–water partition coefficient (Wildman–Crippen LogP) is 2.40. The van der Waals surface area contributed by atoms with Crippen molar-refractivity contribution in [2.45, 2.75) is 18.5 Å². The Bertz CT molecular complexity index is 758. The van der Waals surface area contributed by atoms with Gasteiger partial charge in [-0.15, -0.1) is 0 Å². The fourth-order valence-electron chi connectivity index (χ4n) is 2.43. The molecular weight excluding hydrogens is 465 g/mol. The van der Waals surface area contributed by atoms with Crippen molar-refractivity contribution >= 4 is 35.1 Å². The Morgan fingerprint density at radius 3 is 2.28 bits per heavy atom. The molecule has 3 N–H and O–H groups in total. The number of methoxy groups -OCH3 is 1. The summed E-state index contributed by atoms with van der Waals surface area (Å²) in [5.74, 6) is -1.03. The Balaban J connectivity index is 2.38. The number of nitrogens with zero attached hydrogens (tertiary/aromatic N) is 3. The second-order valence-corrected chi connectivity index (χ2v) is 7.28. The molecule has 0 aliphatic carbocycles. The molecule has 0 saturated carbocycles. The molecule has 0 saturated heterocycles. The van der Waals surface area contributed by atoms with Crippen LogP contribution < -0.4 is 11.1 Å². The Morgan fingerprint density at radius 1 is 1.09 bits per heavy atom. The number of hydrogen-bond acceptors (Lipinski definition) is 8. The van der Waals surface area contributed by atoms with E-state index in [1.165, 1.54) is 7.11 Å². The highest BCUT2D eigenvalue weighted by Crippen LogP contribution is 2.25. The van der Waals surface area contributed by atoms with Crippen molar-refractivity contribution in [2.24, 2.45) is 10.8 Å². The van der Waals surface area contributed by atoms with E-state index >= 15 is 0 Å². The molecule has 0 aromatic heterocycles. The van der Waals surface area contributed by atoms with Crippen molar-refractivity contribution in [1.29, 1.82) is 0 Å². The van der Waals surface area contributed by atoms with Crippen LogP contribution in [0.4, 0.5) is 0 Å². The third kappa shape index (κ3) is 12.1. The van der Waals surface area contributed by atoms with E-state index in [0.717, 1.165) is 0 Å². The summed E-state index contributed by atoms with van der Waals surface area (Å²) in [6.45, 7) is 1.78. The SMILES string of the molecule is COC(=O)CC(NC(=O)[C@@H](N)COCCOCCOCCN=[N+]=[N-])c1cc(Cl)cc(Cl)c1. The van der Waals surface area contributed by atoms with E-state index in [4.69, 9.17) is 53.4 Å². The molecule has 32 heavy (non-hydrogen) atoms. The first-order valence-electron chi connectivity index (χ1n) is 9.70. The largest absolute Gasteiger partial charge is 0.469 e. The van der Waals surface area contributed by atoms with Crippen LogP contribution in [-0.4, -0.2) is 71.2 Å². The van der Waals surface area contributed by atoms with Gasteiger partial charge in [-0.1, -0.05) is 28.3 Å². The molecule has 1 aromatic carbocycles. The minimum absolute atomic E-state index is 0.0426. The molecule has 11 nitrogen and oxygen atoms in total. The van der Waals surface area contributed by atoms with Gasteiger partial charge in [0.25, 0.3) is 0 Å². The molecule has 1 aromatic rings. The van der Waals surface area contributed by atoms with E-state index in [1.54, 1.807) is 18.2 Å². The first-order chi connectivity index (χ1) is 15.4. The molecule has 0 radical (unpaired) electrons. The average molecular weight is 492 g/mol. The number of amides is 1. The Labute approximate surface area is 196 Å². The summed E-state index contributed by atoms with van der Waals surface area (Å²) in [6.07, 6.45) is -0.120. The molecule has 0 aliphatic rings. The molecule has 178 valence electrons. The highest BCUT2D eigenvalue weighted by atomic mass is 35.5. The molecule has 0 spiro atoms. The van der Waals surface area contributed by atoms with E-state index in [9.17, 15) is 9.59 Å². The Morgan fingerprint density at radius 2 is 1.69 bits per heavy atom. The van der Waals surface area contributed by atoms with Crippen LogP contribution in [0.3, 0.4) is 0 Å². The number of nitrogens with one attached hydrogen (secondary N) is 1. The second-order valence-electron chi connectivity index (χ2n) is 6.40. The molecule has 1 amide bonds. The Hall–Kier alpha value is -2.11. The third-order valence-electron chi connectivity index (χ3n) is 3.98. The summed E-state index contributed by atoms with van der Waals surface area (Å²) in [5, 5.41) is 6.77. The van der Waals surface area contributed by atoms with E-state index in [1.807, 2.05) is 0 Å². The molecule has 13 heteroatoms. The normalized spacial score (nSPS) is 12.5. The molecule has 2 atom stereocenters. The number of esters is 1. The molecule has 0 bridgehead atoms. The van der Waals surface area contributed by atoms with Crippen molar-refractivity contribution in [2.75, 3.05) is 53.3 Å². The van der Waals surface area contributed by atoms with Gasteiger partial charge in [-0.05, 0) is 29.3 Å². The number of azide groups is 1. The van der Waals surface area contributed by atoms with Crippen LogP contribution in [0.2, 0.25) is 10.0 Å². The topological polar surface area (TPSA) is 158 Å². The molecule has 1 unspecified atom stereocenters. The first-order valence-corrected chi connectivity index (χ1v) is 10.5. The summed E-state index contributed by atoms with van der Waals surface area (Å²) in [7, 11) is 1.25. The maximum absolute atomic E-state index is 12.5. The van der Waals surface area contributed by atoms with Crippen LogP contribution in [0.1, 0.15) is 18.0 Å². The third-order valence-corrected chi connectivity index (χ3v) is 4.42. The zero-order valence-corrected chi connectivity index (χ0v) is 19.2. The van der Waals surface area contributed by atoms with E-state index in [2.05, 4.69) is 15.3 Å². The van der Waals surface area contributed by atoms with Crippen molar-refractivity contribution in [3.05, 3.63) is 44.3 Å². The van der Waals surface area contributed by atoms with Gasteiger partial charge < -0.3 is 30.0 Å². The van der Waals surface area contributed by atoms with Gasteiger partial charge >= 0.3 is 5.97 Å². The molecule has 1 rings (SSSR count). The standard InChI is InChI=1S/C19H27Cl2N5O6/c1-29-18(27)11-17(13-8-14(20)10-15(21)9-13)25-19(28)16(22)12-32-7-6-31-5-4-30-3-2-24-26-23/h8-10,16-17H,2-7,11-12,22H2,1H3,(H,25,28)/t16-,17?/m0/s1. The number of benzene rings is 1. The van der Waals surface area contributed by atoms with Gasteiger partial charge in [-0.25, -0.2) is 0 Å². The van der Waals surface area contributed by atoms with Crippen LogP contribution in [0.15, 0.2) is 23.3 Å².